The van der Waals surface area contributed by atoms with Crippen molar-refractivity contribution in [3.05, 3.63) is 47.6 Å². The molecule has 2 heterocycles. The molecule has 1 saturated heterocycles. The van der Waals surface area contributed by atoms with E-state index in [1.165, 1.54) is 0 Å². The third kappa shape index (κ3) is 3.31. The number of benzene rings is 1. The van der Waals surface area contributed by atoms with Gasteiger partial charge in [0, 0.05) is 6.04 Å². The van der Waals surface area contributed by atoms with Gasteiger partial charge in [0.15, 0.2) is 5.82 Å². The molecule has 0 bridgehead atoms. The van der Waals surface area contributed by atoms with Crippen molar-refractivity contribution in [3.8, 4) is 0 Å². The largest absolute Gasteiger partial charge is 0.387 e. The second-order valence-electron chi connectivity index (χ2n) is 5.62. The second kappa shape index (κ2) is 6.37. The van der Waals surface area contributed by atoms with Crippen LogP contribution in [0.25, 0.3) is 0 Å². The molecule has 1 aromatic carbocycles. The lowest BCUT2D eigenvalue weighted by Gasteiger charge is -2.37. The summed E-state index contributed by atoms with van der Waals surface area (Å²) < 4.78 is 5.22. The zero-order valence-electron chi connectivity index (χ0n) is 12.3. The summed E-state index contributed by atoms with van der Waals surface area (Å²) in [5, 5.41) is 14.5. The van der Waals surface area contributed by atoms with Gasteiger partial charge in [-0.25, -0.2) is 0 Å². The number of aliphatic hydroxyl groups is 1. The van der Waals surface area contributed by atoms with Crippen molar-refractivity contribution < 1.29 is 9.63 Å². The summed E-state index contributed by atoms with van der Waals surface area (Å²) in [6.45, 7) is 3.38. The number of nitrogens with zero attached hydrogens (tertiary/aromatic N) is 3. The quantitative estimate of drug-likeness (QED) is 0.936. The molecular formula is C16H21N3O2. The van der Waals surface area contributed by atoms with Gasteiger partial charge in [-0.15, -0.1) is 0 Å². The van der Waals surface area contributed by atoms with Crippen molar-refractivity contribution in [3.63, 3.8) is 0 Å². The van der Waals surface area contributed by atoms with Crippen LogP contribution in [0.15, 0.2) is 34.9 Å². The monoisotopic (exact) mass is 287 g/mol. The predicted molar refractivity (Wildman–Crippen MR) is 78.5 cm³/mol. The third-order valence-electron chi connectivity index (χ3n) is 4.08. The summed E-state index contributed by atoms with van der Waals surface area (Å²) in [6.07, 6.45) is 2.80. The van der Waals surface area contributed by atoms with Crippen LogP contribution in [0.1, 0.15) is 42.6 Å². The Morgan fingerprint density at radius 3 is 2.86 bits per heavy atom. The number of aromatic nitrogens is 2. The average molecular weight is 287 g/mol. The first-order chi connectivity index (χ1) is 10.2. The van der Waals surface area contributed by atoms with Gasteiger partial charge in [0.1, 0.15) is 0 Å². The van der Waals surface area contributed by atoms with Gasteiger partial charge in [-0.05, 0) is 31.9 Å². The highest BCUT2D eigenvalue weighted by Crippen LogP contribution is 2.29. The zero-order chi connectivity index (χ0) is 14.7. The first kappa shape index (κ1) is 14.2. The van der Waals surface area contributed by atoms with Crippen LogP contribution in [0.3, 0.4) is 0 Å². The van der Waals surface area contributed by atoms with E-state index in [2.05, 4.69) is 15.0 Å². The molecule has 0 amide bonds. The molecular weight excluding hydrogens is 266 g/mol. The summed E-state index contributed by atoms with van der Waals surface area (Å²) >= 11 is 0. The fourth-order valence-electron chi connectivity index (χ4n) is 3.02. The zero-order valence-corrected chi connectivity index (χ0v) is 12.3. The van der Waals surface area contributed by atoms with E-state index in [0.29, 0.717) is 18.3 Å². The van der Waals surface area contributed by atoms with E-state index in [1.807, 2.05) is 37.3 Å². The van der Waals surface area contributed by atoms with Gasteiger partial charge in [-0.2, -0.15) is 4.98 Å². The molecule has 21 heavy (non-hydrogen) atoms. The van der Waals surface area contributed by atoms with Gasteiger partial charge in [-0.1, -0.05) is 41.9 Å². The molecule has 5 heteroatoms. The lowest BCUT2D eigenvalue weighted by molar-refractivity contribution is 0.0151. The van der Waals surface area contributed by atoms with Crippen LogP contribution in [0.5, 0.6) is 0 Å². The number of aryl methyl sites for hydroxylation is 1. The average Bonchev–Trinajstić information content (AvgIpc) is 2.93. The van der Waals surface area contributed by atoms with Gasteiger partial charge in [0.25, 0.3) is 0 Å². The van der Waals surface area contributed by atoms with Crippen molar-refractivity contribution in [1.82, 2.24) is 15.0 Å². The fourth-order valence-corrected chi connectivity index (χ4v) is 3.02. The van der Waals surface area contributed by atoms with Crippen LogP contribution < -0.4 is 0 Å². The maximum Gasteiger partial charge on any atom is 0.240 e. The SMILES string of the molecule is Cc1noc(CN2CCCC[C@@H]2[C@@H](O)c2ccccc2)n1. The van der Waals surface area contributed by atoms with Crippen LogP contribution in [0.4, 0.5) is 0 Å². The second-order valence-corrected chi connectivity index (χ2v) is 5.62. The Hall–Kier alpha value is -1.72. The molecule has 1 aliphatic heterocycles. The summed E-state index contributed by atoms with van der Waals surface area (Å²) in [5.74, 6) is 1.28. The van der Waals surface area contributed by atoms with Crippen LogP contribution in [-0.2, 0) is 6.54 Å². The highest BCUT2D eigenvalue weighted by atomic mass is 16.5. The van der Waals surface area contributed by atoms with Gasteiger partial charge in [0.05, 0.1) is 12.6 Å². The summed E-state index contributed by atoms with van der Waals surface area (Å²) in [4.78, 5) is 6.53. The predicted octanol–water partition coefficient (Wildman–Crippen LogP) is 2.47. The molecule has 1 fully saturated rings. The van der Waals surface area contributed by atoms with Crippen LogP contribution in [-0.4, -0.2) is 32.7 Å². The van der Waals surface area contributed by atoms with Crippen molar-refractivity contribution in [2.75, 3.05) is 6.54 Å². The minimum absolute atomic E-state index is 0.105. The number of hydrogen-bond acceptors (Lipinski definition) is 5. The number of piperidine rings is 1. The topological polar surface area (TPSA) is 62.4 Å². The van der Waals surface area contributed by atoms with Crippen LogP contribution in [0, 0.1) is 6.92 Å². The minimum atomic E-state index is -0.476. The summed E-state index contributed by atoms with van der Waals surface area (Å²) in [7, 11) is 0. The van der Waals surface area contributed by atoms with Gasteiger partial charge in [-0.3, -0.25) is 4.90 Å². The van der Waals surface area contributed by atoms with E-state index >= 15 is 0 Å². The molecule has 0 radical (unpaired) electrons. The maximum atomic E-state index is 10.7. The molecule has 1 N–H and O–H groups in total. The Labute approximate surface area is 124 Å². The standard InChI is InChI=1S/C16H21N3O2/c1-12-17-15(21-18-12)11-19-10-6-5-9-14(19)16(20)13-7-3-2-4-8-13/h2-4,7-8,14,16,20H,5-6,9-11H2,1H3/t14-,16+/m1/s1. The van der Waals surface area contributed by atoms with E-state index in [0.717, 1.165) is 31.4 Å². The summed E-state index contributed by atoms with van der Waals surface area (Å²) in [5.41, 5.74) is 0.969. The molecule has 0 unspecified atom stereocenters. The number of rotatable bonds is 4. The minimum Gasteiger partial charge on any atom is -0.387 e. The molecule has 2 aromatic rings. The molecule has 3 rings (SSSR count). The molecule has 1 aromatic heterocycles. The number of likely N-dealkylation sites (tertiary alicyclic amines) is 1. The van der Waals surface area contributed by atoms with Crippen molar-refractivity contribution in [2.45, 2.75) is 44.9 Å². The van der Waals surface area contributed by atoms with E-state index in [9.17, 15) is 5.11 Å². The van der Waals surface area contributed by atoms with E-state index in [-0.39, 0.29) is 6.04 Å². The third-order valence-corrected chi connectivity index (χ3v) is 4.08. The van der Waals surface area contributed by atoms with Crippen molar-refractivity contribution in [1.29, 1.82) is 0 Å². The van der Waals surface area contributed by atoms with Gasteiger partial charge < -0.3 is 9.63 Å². The Morgan fingerprint density at radius 2 is 2.14 bits per heavy atom. The van der Waals surface area contributed by atoms with E-state index in [1.54, 1.807) is 0 Å². The highest BCUT2D eigenvalue weighted by molar-refractivity contribution is 5.19. The van der Waals surface area contributed by atoms with Crippen LogP contribution >= 0.6 is 0 Å². The Kier molecular flexibility index (Phi) is 4.31. The van der Waals surface area contributed by atoms with E-state index < -0.39 is 6.10 Å². The maximum absolute atomic E-state index is 10.7. The smallest absolute Gasteiger partial charge is 0.240 e. The first-order valence-electron chi connectivity index (χ1n) is 7.50. The molecule has 0 aliphatic carbocycles. The number of aliphatic hydroxyl groups excluding tert-OH is 1. The molecule has 0 spiro atoms. The Bertz CT molecular complexity index is 570. The number of hydrogen-bond donors (Lipinski definition) is 1. The van der Waals surface area contributed by atoms with Crippen LogP contribution in [0.2, 0.25) is 0 Å². The van der Waals surface area contributed by atoms with Gasteiger partial charge in [0.2, 0.25) is 5.89 Å². The fraction of sp³-hybridized carbons (Fsp3) is 0.500. The Morgan fingerprint density at radius 1 is 1.33 bits per heavy atom. The van der Waals surface area contributed by atoms with Crippen molar-refractivity contribution in [2.24, 2.45) is 0 Å². The highest BCUT2D eigenvalue weighted by Gasteiger charge is 2.30. The molecule has 5 nitrogen and oxygen atoms in total. The lowest BCUT2D eigenvalue weighted by Crippen LogP contribution is -2.42. The summed E-state index contributed by atoms with van der Waals surface area (Å²) in [6, 6.07) is 9.96. The van der Waals surface area contributed by atoms with Crippen molar-refractivity contribution >= 4 is 0 Å². The molecule has 0 saturated carbocycles. The molecule has 2 atom stereocenters. The lowest BCUT2D eigenvalue weighted by atomic mass is 9.93. The Balaban J connectivity index is 1.75. The normalized spacial score (nSPS) is 21.3. The molecule has 112 valence electrons. The van der Waals surface area contributed by atoms with Gasteiger partial charge >= 0.3 is 0 Å². The van der Waals surface area contributed by atoms with E-state index in [4.69, 9.17) is 4.52 Å². The first-order valence-corrected chi connectivity index (χ1v) is 7.50. The molecule has 1 aliphatic rings.